The van der Waals surface area contributed by atoms with Crippen molar-refractivity contribution in [3.8, 4) is 11.5 Å². The quantitative estimate of drug-likeness (QED) is 0.742. The number of nitrogens with zero attached hydrogens (tertiary/aromatic N) is 1. The number of hydrogen-bond acceptors (Lipinski definition) is 5. The molecule has 136 valence electrons. The second-order valence-corrected chi connectivity index (χ2v) is 6.31. The maximum Gasteiger partial charge on any atom is 0.348 e. The van der Waals surface area contributed by atoms with Gasteiger partial charge in [0.25, 0.3) is 5.91 Å². The summed E-state index contributed by atoms with van der Waals surface area (Å²) in [4.78, 5) is 26.0. The molecule has 0 fully saturated rings. The Kier molecular flexibility index (Phi) is 5.54. The largest absolute Gasteiger partial charge is 0.482 e. The van der Waals surface area contributed by atoms with Gasteiger partial charge in [0.05, 0.1) is 24.4 Å². The maximum atomic E-state index is 12.7. The van der Waals surface area contributed by atoms with E-state index in [1.807, 2.05) is 0 Å². The van der Waals surface area contributed by atoms with E-state index in [0.717, 1.165) is 0 Å². The van der Waals surface area contributed by atoms with Gasteiger partial charge in [-0.1, -0.05) is 35.3 Å². The van der Waals surface area contributed by atoms with Crippen molar-refractivity contribution < 1.29 is 23.8 Å². The Morgan fingerprint density at radius 3 is 2.73 bits per heavy atom. The van der Waals surface area contributed by atoms with Crippen LogP contribution in [0.25, 0.3) is 0 Å². The van der Waals surface area contributed by atoms with Crippen LogP contribution in [0.2, 0.25) is 10.0 Å². The van der Waals surface area contributed by atoms with Gasteiger partial charge in [0.1, 0.15) is 11.5 Å². The van der Waals surface area contributed by atoms with Gasteiger partial charge in [-0.25, -0.2) is 4.79 Å². The Balaban J connectivity index is 1.77. The van der Waals surface area contributed by atoms with Crippen LogP contribution in [-0.2, 0) is 14.3 Å². The standard InChI is InChI=1S/C18H15Cl2NO5/c1-24-18(23)16-9-21(13-4-2-3-5-15(13)26-16)17(22)10-25-14-7-6-11(19)8-12(14)20/h2-8,16H,9-10H2,1H3/t16-/m1/s1. The Hall–Kier alpha value is -2.44. The van der Waals surface area contributed by atoms with Gasteiger partial charge in [0.2, 0.25) is 6.10 Å². The molecule has 1 aliphatic heterocycles. The zero-order valence-corrected chi connectivity index (χ0v) is 15.3. The molecule has 3 rings (SSSR count). The molecular weight excluding hydrogens is 381 g/mol. The molecule has 1 atom stereocenters. The number of carbonyl (C=O) groups excluding carboxylic acids is 2. The van der Waals surface area contributed by atoms with E-state index in [4.69, 9.17) is 37.4 Å². The fraction of sp³-hybridized carbons (Fsp3) is 0.222. The van der Waals surface area contributed by atoms with E-state index in [9.17, 15) is 9.59 Å². The van der Waals surface area contributed by atoms with E-state index in [2.05, 4.69) is 0 Å². The highest BCUT2D eigenvalue weighted by Crippen LogP contribution is 2.34. The van der Waals surface area contributed by atoms with Crippen molar-refractivity contribution in [1.82, 2.24) is 0 Å². The van der Waals surface area contributed by atoms with Crippen molar-refractivity contribution in [1.29, 1.82) is 0 Å². The van der Waals surface area contributed by atoms with Crippen molar-refractivity contribution in [2.24, 2.45) is 0 Å². The molecule has 2 aromatic carbocycles. The summed E-state index contributed by atoms with van der Waals surface area (Å²) in [5.74, 6) is -0.137. The molecule has 2 aromatic rings. The van der Waals surface area contributed by atoms with Gasteiger partial charge < -0.3 is 19.1 Å². The lowest BCUT2D eigenvalue weighted by Crippen LogP contribution is -2.48. The highest BCUT2D eigenvalue weighted by Gasteiger charge is 2.34. The van der Waals surface area contributed by atoms with Gasteiger partial charge in [-0.15, -0.1) is 0 Å². The van der Waals surface area contributed by atoms with E-state index in [-0.39, 0.29) is 19.1 Å². The molecule has 0 saturated heterocycles. The molecule has 6 nitrogen and oxygen atoms in total. The van der Waals surface area contributed by atoms with Crippen LogP contribution in [0.1, 0.15) is 0 Å². The van der Waals surface area contributed by atoms with Crippen molar-refractivity contribution in [2.45, 2.75) is 6.10 Å². The van der Waals surface area contributed by atoms with Gasteiger partial charge in [-0.3, -0.25) is 4.79 Å². The van der Waals surface area contributed by atoms with Crippen LogP contribution >= 0.6 is 23.2 Å². The number of para-hydroxylation sites is 2. The summed E-state index contributed by atoms with van der Waals surface area (Å²) in [6.07, 6.45) is -0.905. The highest BCUT2D eigenvalue weighted by atomic mass is 35.5. The van der Waals surface area contributed by atoms with Crippen LogP contribution < -0.4 is 14.4 Å². The molecule has 0 unspecified atom stereocenters. The van der Waals surface area contributed by atoms with E-state index in [0.29, 0.717) is 27.2 Å². The molecule has 0 aromatic heterocycles. The first-order chi connectivity index (χ1) is 12.5. The average Bonchev–Trinajstić information content (AvgIpc) is 2.65. The van der Waals surface area contributed by atoms with Crippen LogP contribution in [0.15, 0.2) is 42.5 Å². The van der Waals surface area contributed by atoms with Crippen molar-refractivity contribution in [3.63, 3.8) is 0 Å². The Morgan fingerprint density at radius 2 is 2.00 bits per heavy atom. The molecular formula is C18H15Cl2NO5. The molecule has 8 heteroatoms. The predicted octanol–water partition coefficient (Wildman–Crippen LogP) is 3.34. The molecule has 0 aliphatic carbocycles. The minimum absolute atomic E-state index is 0.0280. The van der Waals surface area contributed by atoms with Crippen LogP contribution in [0.4, 0.5) is 5.69 Å². The lowest BCUT2D eigenvalue weighted by molar-refractivity contribution is -0.148. The SMILES string of the molecule is COC(=O)[C@H]1CN(C(=O)COc2ccc(Cl)cc2Cl)c2ccccc2O1. The van der Waals surface area contributed by atoms with E-state index in [1.165, 1.54) is 18.1 Å². The molecule has 0 N–H and O–H groups in total. The third kappa shape index (κ3) is 3.86. The lowest BCUT2D eigenvalue weighted by Gasteiger charge is -2.33. The summed E-state index contributed by atoms with van der Waals surface area (Å²) < 4.78 is 15.8. The number of anilines is 1. The minimum Gasteiger partial charge on any atom is -0.482 e. The third-order valence-electron chi connectivity index (χ3n) is 3.78. The molecule has 0 saturated carbocycles. The predicted molar refractivity (Wildman–Crippen MR) is 97.2 cm³/mol. The molecule has 0 radical (unpaired) electrons. The minimum atomic E-state index is -0.905. The number of hydrogen-bond donors (Lipinski definition) is 0. The fourth-order valence-electron chi connectivity index (χ4n) is 2.53. The zero-order chi connectivity index (χ0) is 18.7. The van der Waals surface area contributed by atoms with Crippen LogP contribution in [0.5, 0.6) is 11.5 Å². The maximum absolute atomic E-state index is 12.7. The first-order valence-electron chi connectivity index (χ1n) is 7.71. The first kappa shape index (κ1) is 18.4. The van der Waals surface area contributed by atoms with Crippen molar-refractivity contribution >= 4 is 40.8 Å². The number of benzene rings is 2. The zero-order valence-electron chi connectivity index (χ0n) is 13.8. The number of esters is 1. The van der Waals surface area contributed by atoms with Crippen molar-refractivity contribution in [3.05, 3.63) is 52.5 Å². The summed E-state index contributed by atoms with van der Waals surface area (Å²) >= 11 is 11.9. The smallest absolute Gasteiger partial charge is 0.348 e. The summed E-state index contributed by atoms with van der Waals surface area (Å²) in [7, 11) is 1.27. The molecule has 1 amide bonds. The number of fused-ring (bicyclic) bond motifs is 1. The number of amides is 1. The van der Waals surface area contributed by atoms with E-state index in [1.54, 1.807) is 36.4 Å². The topological polar surface area (TPSA) is 65.1 Å². The number of carbonyl (C=O) groups is 2. The van der Waals surface area contributed by atoms with Crippen LogP contribution in [-0.4, -0.2) is 38.2 Å². The normalized spacial score (nSPS) is 15.7. The van der Waals surface area contributed by atoms with Gasteiger partial charge in [0, 0.05) is 5.02 Å². The number of ether oxygens (including phenoxy) is 3. The Labute approximate surface area is 160 Å². The molecule has 0 bridgehead atoms. The molecule has 26 heavy (non-hydrogen) atoms. The second-order valence-electron chi connectivity index (χ2n) is 5.47. The molecule has 1 aliphatic rings. The lowest BCUT2D eigenvalue weighted by atomic mass is 10.2. The van der Waals surface area contributed by atoms with E-state index >= 15 is 0 Å². The third-order valence-corrected chi connectivity index (χ3v) is 4.31. The number of rotatable bonds is 4. The second kappa shape index (κ2) is 7.85. The molecule has 1 heterocycles. The van der Waals surface area contributed by atoms with Gasteiger partial charge in [0.15, 0.2) is 6.61 Å². The van der Waals surface area contributed by atoms with Gasteiger partial charge in [-0.2, -0.15) is 0 Å². The summed E-state index contributed by atoms with van der Waals surface area (Å²) in [5.41, 5.74) is 0.559. The van der Waals surface area contributed by atoms with Gasteiger partial charge >= 0.3 is 5.97 Å². The van der Waals surface area contributed by atoms with Crippen LogP contribution in [0.3, 0.4) is 0 Å². The molecule has 0 spiro atoms. The Morgan fingerprint density at radius 1 is 1.23 bits per heavy atom. The summed E-state index contributed by atoms with van der Waals surface area (Å²) in [5, 5.41) is 0.775. The number of methoxy groups -OCH3 is 1. The summed E-state index contributed by atoms with van der Waals surface area (Å²) in [6.45, 7) is -0.232. The van der Waals surface area contributed by atoms with Crippen molar-refractivity contribution in [2.75, 3.05) is 25.2 Å². The van der Waals surface area contributed by atoms with E-state index < -0.39 is 12.1 Å². The van der Waals surface area contributed by atoms with Gasteiger partial charge in [-0.05, 0) is 30.3 Å². The van der Waals surface area contributed by atoms with Crippen LogP contribution in [0, 0.1) is 0 Å². The first-order valence-corrected chi connectivity index (χ1v) is 8.47. The Bertz CT molecular complexity index is 842. The highest BCUT2D eigenvalue weighted by molar-refractivity contribution is 6.35. The monoisotopic (exact) mass is 395 g/mol. The fourth-order valence-corrected chi connectivity index (χ4v) is 3.00. The number of halogens is 2. The average molecular weight is 396 g/mol. The summed E-state index contributed by atoms with van der Waals surface area (Å²) in [6, 6.07) is 11.7.